The van der Waals surface area contributed by atoms with Crippen LogP contribution in [0.15, 0.2) is 18.3 Å². The number of carbonyl (C=O) groups is 1. The third-order valence-corrected chi connectivity index (χ3v) is 3.00. The molecule has 2 heterocycles. The van der Waals surface area contributed by atoms with Gasteiger partial charge in [0.05, 0.1) is 26.9 Å². The average molecular weight is 265 g/mol. The summed E-state index contributed by atoms with van der Waals surface area (Å²) in [6.45, 7) is 3.49. The quantitative estimate of drug-likeness (QED) is 0.814. The standard InChI is InChI=1S/C13H19N3O3/c1-18-13-11(3-2-4-15-13)9-14-10-12(17)16-5-7-19-8-6-16/h2-4,14H,5-10H2,1H3. The number of aromatic nitrogens is 1. The summed E-state index contributed by atoms with van der Waals surface area (Å²) in [6.07, 6.45) is 1.68. The Labute approximate surface area is 112 Å². The van der Waals surface area contributed by atoms with E-state index < -0.39 is 0 Å². The van der Waals surface area contributed by atoms with Crippen LogP contribution < -0.4 is 10.1 Å². The lowest BCUT2D eigenvalue weighted by atomic mass is 10.2. The minimum Gasteiger partial charge on any atom is -0.481 e. The SMILES string of the molecule is COc1ncccc1CNCC(=O)N1CCOCC1. The van der Waals surface area contributed by atoms with Crippen molar-refractivity contribution < 1.29 is 14.3 Å². The summed E-state index contributed by atoms with van der Waals surface area (Å²) in [6, 6.07) is 3.78. The highest BCUT2D eigenvalue weighted by Gasteiger charge is 2.16. The molecular formula is C13H19N3O3. The van der Waals surface area contributed by atoms with Gasteiger partial charge in [-0.2, -0.15) is 0 Å². The van der Waals surface area contributed by atoms with E-state index in [1.165, 1.54) is 0 Å². The van der Waals surface area contributed by atoms with Gasteiger partial charge in [-0.1, -0.05) is 6.07 Å². The summed E-state index contributed by atoms with van der Waals surface area (Å²) in [4.78, 5) is 17.8. The van der Waals surface area contributed by atoms with Gasteiger partial charge < -0.3 is 19.7 Å². The smallest absolute Gasteiger partial charge is 0.236 e. The van der Waals surface area contributed by atoms with E-state index in [1.807, 2.05) is 17.0 Å². The van der Waals surface area contributed by atoms with E-state index in [9.17, 15) is 4.79 Å². The third-order valence-electron chi connectivity index (χ3n) is 3.00. The van der Waals surface area contributed by atoms with Crippen molar-refractivity contribution in [1.29, 1.82) is 0 Å². The van der Waals surface area contributed by atoms with Crippen molar-refractivity contribution in [3.8, 4) is 5.88 Å². The van der Waals surface area contributed by atoms with E-state index >= 15 is 0 Å². The second-order valence-corrected chi connectivity index (χ2v) is 4.27. The summed E-state index contributed by atoms with van der Waals surface area (Å²) in [5, 5.41) is 3.12. The van der Waals surface area contributed by atoms with Crippen LogP contribution in [0.3, 0.4) is 0 Å². The van der Waals surface area contributed by atoms with Gasteiger partial charge in [0, 0.05) is 31.4 Å². The van der Waals surface area contributed by atoms with Crippen molar-refractivity contribution in [3.05, 3.63) is 23.9 Å². The lowest BCUT2D eigenvalue weighted by Gasteiger charge is -2.26. The van der Waals surface area contributed by atoms with E-state index in [2.05, 4.69) is 10.3 Å². The maximum absolute atomic E-state index is 11.9. The number of rotatable bonds is 5. The van der Waals surface area contributed by atoms with E-state index in [0.717, 1.165) is 5.56 Å². The van der Waals surface area contributed by atoms with Crippen LogP contribution in [-0.2, 0) is 16.1 Å². The zero-order chi connectivity index (χ0) is 13.5. The number of nitrogens with one attached hydrogen (secondary N) is 1. The van der Waals surface area contributed by atoms with Crippen LogP contribution >= 0.6 is 0 Å². The Kier molecular flexibility index (Phi) is 5.11. The third kappa shape index (κ3) is 3.90. The first-order valence-corrected chi connectivity index (χ1v) is 6.35. The fourth-order valence-corrected chi connectivity index (χ4v) is 1.97. The molecule has 1 saturated heterocycles. The molecule has 19 heavy (non-hydrogen) atoms. The molecule has 2 rings (SSSR count). The maximum atomic E-state index is 11.9. The molecule has 1 fully saturated rings. The van der Waals surface area contributed by atoms with Gasteiger partial charge in [-0.15, -0.1) is 0 Å². The van der Waals surface area contributed by atoms with Crippen LogP contribution in [0.2, 0.25) is 0 Å². The monoisotopic (exact) mass is 265 g/mol. The van der Waals surface area contributed by atoms with Crippen LogP contribution in [0.1, 0.15) is 5.56 Å². The predicted molar refractivity (Wildman–Crippen MR) is 69.9 cm³/mol. The van der Waals surface area contributed by atoms with Gasteiger partial charge in [-0.3, -0.25) is 4.79 Å². The van der Waals surface area contributed by atoms with Crippen LogP contribution in [-0.4, -0.2) is 55.7 Å². The van der Waals surface area contributed by atoms with E-state index in [-0.39, 0.29) is 5.91 Å². The second kappa shape index (κ2) is 7.06. The zero-order valence-electron chi connectivity index (χ0n) is 11.1. The van der Waals surface area contributed by atoms with Crippen LogP contribution in [0.4, 0.5) is 0 Å². The Morgan fingerprint density at radius 1 is 1.53 bits per heavy atom. The number of hydrogen-bond donors (Lipinski definition) is 1. The maximum Gasteiger partial charge on any atom is 0.236 e. The molecule has 0 spiro atoms. The molecular weight excluding hydrogens is 246 g/mol. The Morgan fingerprint density at radius 3 is 3.05 bits per heavy atom. The van der Waals surface area contributed by atoms with E-state index in [1.54, 1.807) is 13.3 Å². The van der Waals surface area contributed by atoms with Gasteiger partial charge in [0.15, 0.2) is 0 Å². The Balaban J connectivity index is 1.78. The van der Waals surface area contributed by atoms with E-state index in [0.29, 0.717) is 45.3 Å². The fraction of sp³-hybridized carbons (Fsp3) is 0.538. The molecule has 0 atom stereocenters. The zero-order valence-corrected chi connectivity index (χ0v) is 11.1. The van der Waals surface area contributed by atoms with Crippen molar-refractivity contribution in [2.75, 3.05) is 40.0 Å². The molecule has 1 N–H and O–H groups in total. The second-order valence-electron chi connectivity index (χ2n) is 4.27. The van der Waals surface area contributed by atoms with Gasteiger partial charge in [0.2, 0.25) is 11.8 Å². The summed E-state index contributed by atoms with van der Waals surface area (Å²) in [7, 11) is 1.59. The highest BCUT2D eigenvalue weighted by Crippen LogP contribution is 2.12. The summed E-state index contributed by atoms with van der Waals surface area (Å²) < 4.78 is 10.4. The molecule has 1 aliphatic rings. The highest BCUT2D eigenvalue weighted by atomic mass is 16.5. The molecule has 0 radical (unpaired) electrons. The largest absolute Gasteiger partial charge is 0.481 e. The Bertz CT molecular complexity index is 419. The molecule has 1 aliphatic heterocycles. The number of carbonyl (C=O) groups excluding carboxylic acids is 1. The topological polar surface area (TPSA) is 63.7 Å². The lowest BCUT2D eigenvalue weighted by molar-refractivity contribution is -0.134. The van der Waals surface area contributed by atoms with Crippen molar-refractivity contribution in [1.82, 2.24) is 15.2 Å². The molecule has 1 amide bonds. The first-order chi connectivity index (χ1) is 9.31. The molecule has 1 aromatic rings. The summed E-state index contributed by atoms with van der Waals surface area (Å²) >= 11 is 0. The van der Waals surface area contributed by atoms with Crippen molar-refractivity contribution in [2.45, 2.75) is 6.54 Å². The lowest BCUT2D eigenvalue weighted by Crippen LogP contribution is -2.44. The molecule has 1 aromatic heterocycles. The molecule has 0 aromatic carbocycles. The van der Waals surface area contributed by atoms with E-state index in [4.69, 9.17) is 9.47 Å². The van der Waals surface area contributed by atoms with Crippen LogP contribution in [0.5, 0.6) is 5.88 Å². The molecule has 0 saturated carbocycles. The fourth-order valence-electron chi connectivity index (χ4n) is 1.97. The van der Waals surface area contributed by atoms with Gasteiger partial charge in [-0.25, -0.2) is 4.98 Å². The Hall–Kier alpha value is -1.66. The number of hydrogen-bond acceptors (Lipinski definition) is 5. The van der Waals surface area contributed by atoms with Crippen molar-refractivity contribution in [2.24, 2.45) is 0 Å². The van der Waals surface area contributed by atoms with Crippen molar-refractivity contribution >= 4 is 5.91 Å². The summed E-state index contributed by atoms with van der Waals surface area (Å²) in [5.41, 5.74) is 0.944. The number of ether oxygens (including phenoxy) is 2. The number of amides is 1. The van der Waals surface area contributed by atoms with Gasteiger partial charge >= 0.3 is 0 Å². The highest BCUT2D eigenvalue weighted by molar-refractivity contribution is 5.78. The van der Waals surface area contributed by atoms with Crippen LogP contribution in [0.25, 0.3) is 0 Å². The molecule has 0 bridgehead atoms. The van der Waals surface area contributed by atoms with Crippen molar-refractivity contribution in [3.63, 3.8) is 0 Å². The number of methoxy groups -OCH3 is 1. The number of morpholine rings is 1. The minimum atomic E-state index is 0.103. The number of nitrogens with zero attached hydrogens (tertiary/aromatic N) is 2. The molecule has 0 unspecified atom stereocenters. The molecule has 6 nitrogen and oxygen atoms in total. The minimum absolute atomic E-state index is 0.103. The first-order valence-electron chi connectivity index (χ1n) is 6.35. The van der Waals surface area contributed by atoms with Gasteiger partial charge in [0.1, 0.15) is 0 Å². The van der Waals surface area contributed by atoms with Gasteiger partial charge in [-0.05, 0) is 6.07 Å². The number of pyridine rings is 1. The first kappa shape index (κ1) is 13.8. The van der Waals surface area contributed by atoms with Gasteiger partial charge in [0.25, 0.3) is 0 Å². The molecule has 6 heteroatoms. The normalized spacial score (nSPS) is 15.3. The summed E-state index contributed by atoms with van der Waals surface area (Å²) in [5.74, 6) is 0.694. The predicted octanol–water partition coefficient (Wildman–Crippen LogP) is 0.0386. The van der Waals surface area contributed by atoms with Crippen LogP contribution in [0, 0.1) is 0 Å². The molecule has 0 aliphatic carbocycles. The average Bonchev–Trinajstić information content (AvgIpc) is 2.48. The Morgan fingerprint density at radius 2 is 2.32 bits per heavy atom. The molecule has 104 valence electrons.